The van der Waals surface area contributed by atoms with Crippen LogP contribution in [-0.2, 0) is 5.41 Å². The smallest absolute Gasteiger partial charge is 0.255 e. The van der Waals surface area contributed by atoms with E-state index in [-0.39, 0.29) is 11.3 Å². The van der Waals surface area contributed by atoms with Crippen LogP contribution in [0.3, 0.4) is 0 Å². The Labute approximate surface area is 168 Å². The summed E-state index contributed by atoms with van der Waals surface area (Å²) in [6, 6.07) is 19.4. The molecule has 0 spiro atoms. The monoisotopic (exact) mass is 388 g/mol. The topological polar surface area (TPSA) is 83.0 Å². The number of aromatic nitrogens is 1. The van der Waals surface area contributed by atoms with E-state index >= 15 is 0 Å². The van der Waals surface area contributed by atoms with Crippen molar-refractivity contribution in [2.24, 2.45) is 0 Å². The number of rotatable bonds is 3. The molecular weight excluding hydrogens is 368 g/mol. The van der Waals surface area contributed by atoms with Crippen LogP contribution in [0.4, 0.5) is 5.13 Å². The third kappa shape index (κ3) is 3.14. The Balaban J connectivity index is 1.63. The van der Waals surface area contributed by atoms with E-state index in [9.17, 15) is 10.1 Å². The van der Waals surface area contributed by atoms with Crippen molar-refractivity contribution in [3.63, 3.8) is 0 Å². The number of piperidine rings is 1. The van der Waals surface area contributed by atoms with Crippen molar-refractivity contribution < 1.29 is 4.79 Å². The van der Waals surface area contributed by atoms with Gasteiger partial charge in [-0.1, -0.05) is 42.5 Å². The predicted molar refractivity (Wildman–Crippen MR) is 110 cm³/mol. The summed E-state index contributed by atoms with van der Waals surface area (Å²) < 4.78 is 0. The summed E-state index contributed by atoms with van der Waals surface area (Å²) >= 11 is 1.45. The molecule has 0 atom stereocenters. The minimum atomic E-state index is -0.249. The standard InChI is InChI=1S/C22H20N4OS/c23-14-16-6-4-5-9-18(16)20(27)26-12-10-22(11-13-26,17-7-2-1-3-8-17)19-15-28-21(24)25-19/h1-9,15H,10-13H2,(H2,24,25). The fourth-order valence-electron chi connectivity index (χ4n) is 3.99. The Morgan fingerprint density at radius 1 is 1.11 bits per heavy atom. The number of anilines is 1. The lowest BCUT2D eigenvalue weighted by Gasteiger charge is -2.41. The molecule has 0 radical (unpaired) electrons. The van der Waals surface area contributed by atoms with Crippen molar-refractivity contribution in [2.75, 3.05) is 18.8 Å². The lowest BCUT2D eigenvalue weighted by molar-refractivity contribution is 0.0684. The number of amides is 1. The second-order valence-corrected chi connectivity index (χ2v) is 7.86. The third-order valence-electron chi connectivity index (χ3n) is 5.52. The number of benzene rings is 2. The molecule has 1 aliphatic rings. The molecule has 2 heterocycles. The average molecular weight is 388 g/mol. The summed E-state index contributed by atoms with van der Waals surface area (Å²) in [6.45, 7) is 1.20. The second-order valence-electron chi connectivity index (χ2n) is 6.97. The average Bonchev–Trinajstić information content (AvgIpc) is 3.20. The zero-order chi connectivity index (χ0) is 19.6. The molecule has 2 N–H and O–H groups in total. The number of hydrogen-bond donors (Lipinski definition) is 1. The highest BCUT2D eigenvalue weighted by molar-refractivity contribution is 7.13. The number of nitrogens with two attached hydrogens (primary N) is 1. The van der Waals surface area contributed by atoms with Gasteiger partial charge in [0, 0.05) is 23.9 Å². The molecule has 1 saturated heterocycles. The Bertz CT molecular complexity index is 1030. The van der Waals surface area contributed by atoms with Crippen LogP contribution < -0.4 is 5.73 Å². The van der Waals surface area contributed by atoms with Crippen molar-refractivity contribution in [1.82, 2.24) is 9.88 Å². The first-order valence-electron chi connectivity index (χ1n) is 9.19. The molecule has 1 aliphatic heterocycles. The highest BCUT2D eigenvalue weighted by Gasteiger charge is 2.41. The van der Waals surface area contributed by atoms with Crippen LogP contribution >= 0.6 is 11.3 Å². The van der Waals surface area contributed by atoms with Crippen LogP contribution in [0.25, 0.3) is 0 Å². The molecular formula is C22H20N4OS. The molecule has 28 heavy (non-hydrogen) atoms. The number of carbonyl (C=O) groups excluding carboxylic acids is 1. The van der Waals surface area contributed by atoms with Crippen LogP contribution in [0.1, 0.15) is 40.0 Å². The maximum Gasteiger partial charge on any atom is 0.255 e. The molecule has 0 unspecified atom stereocenters. The molecule has 2 aromatic carbocycles. The van der Waals surface area contributed by atoms with E-state index in [0.29, 0.717) is 29.3 Å². The van der Waals surface area contributed by atoms with Gasteiger partial charge in [-0.15, -0.1) is 11.3 Å². The van der Waals surface area contributed by atoms with Crippen molar-refractivity contribution in [3.05, 3.63) is 82.4 Å². The van der Waals surface area contributed by atoms with Gasteiger partial charge in [-0.2, -0.15) is 5.26 Å². The minimum Gasteiger partial charge on any atom is -0.375 e. The second kappa shape index (κ2) is 7.45. The van der Waals surface area contributed by atoms with E-state index in [0.717, 1.165) is 18.5 Å². The number of hydrogen-bond acceptors (Lipinski definition) is 5. The summed E-state index contributed by atoms with van der Waals surface area (Å²) in [5, 5.41) is 11.9. The van der Waals surface area contributed by atoms with Crippen molar-refractivity contribution in [3.8, 4) is 6.07 Å². The molecule has 1 aromatic heterocycles. The summed E-state index contributed by atoms with van der Waals surface area (Å²) in [5.74, 6) is -0.0865. The molecule has 3 aromatic rings. The quantitative estimate of drug-likeness (QED) is 0.739. The normalized spacial score (nSPS) is 15.8. The molecule has 1 fully saturated rings. The lowest BCUT2D eigenvalue weighted by atomic mass is 9.70. The molecule has 0 aliphatic carbocycles. The van der Waals surface area contributed by atoms with Gasteiger partial charge in [0.05, 0.1) is 22.9 Å². The maximum atomic E-state index is 13.0. The van der Waals surface area contributed by atoms with Gasteiger partial charge in [-0.25, -0.2) is 4.98 Å². The van der Waals surface area contributed by atoms with E-state index in [2.05, 4.69) is 23.2 Å². The zero-order valence-electron chi connectivity index (χ0n) is 15.3. The summed E-state index contributed by atoms with van der Waals surface area (Å²) in [7, 11) is 0. The van der Waals surface area contributed by atoms with Crippen LogP contribution in [0, 0.1) is 11.3 Å². The molecule has 6 heteroatoms. The zero-order valence-corrected chi connectivity index (χ0v) is 16.2. The summed E-state index contributed by atoms with van der Waals surface area (Å²) in [5.41, 5.74) is 8.73. The Morgan fingerprint density at radius 3 is 2.43 bits per heavy atom. The van der Waals surface area contributed by atoms with Crippen LogP contribution in [-0.4, -0.2) is 28.9 Å². The minimum absolute atomic E-state index is 0.0865. The van der Waals surface area contributed by atoms with Crippen LogP contribution in [0.2, 0.25) is 0 Å². The third-order valence-corrected chi connectivity index (χ3v) is 6.19. The molecule has 5 nitrogen and oxygen atoms in total. The first kappa shape index (κ1) is 18.2. The largest absolute Gasteiger partial charge is 0.375 e. The van der Waals surface area contributed by atoms with Crippen molar-refractivity contribution in [2.45, 2.75) is 18.3 Å². The predicted octanol–water partition coefficient (Wildman–Crippen LogP) is 3.82. The number of likely N-dealkylation sites (tertiary alicyclic amines) is 1. The lowest BCUT2D eigenvalue weighted by Crippen LogP contribution is -2.46. The Hall–Kier alpha value is -3.17. The first-order valence-corrected chi connectivity index (χ1v) is 10.1. The van der Waals surface area contributed by atoms with Gasteiger partial charge >= 0.3 is 0 Å². The summed E-state index contributed by atoms with van der Waals surface area (Å²) in [6.07, 6.45) is 1.53. The van der Waals surface area contributed by atoms with Crippen LogP contribution in [0.15, 0.2) is 60.0 Å². The van der Waals surface area contributed by atoms with E-state index < -0.39 is 0 Å². The fourth-order valence-corrected chi connectivity index (χ4v) is 4.65. The van der Waals surface area contributed by atoms with E-state index in [1.54, 1.807) is 24.3 Å². The van der Waals surface area contributed by atoms with Gasteiger partial charge in [0.15, 0.2) is 5.13 Å². The van der Waals surface area contributed by atoms with Crippen molar-refractivity contribution >= 4 is 22.4 Å². The Kier molecular flexibility index (Phi) is 4.84. The number of nitrogens with zero attached hydrogens (tertiary/aromatic N) is 3. The highest BCUT2D eigenvalue weighted by atomic mass is 32.1. The van der Waals surface area contributed by atoms with E-state index in [1.165, 1.54) is 16.9 Å². The van der Waals surface area contributed by atoms with Gasteiger partial charge in [-0.05, 0) is 30.5 Å². The molecule has 1 amide bonds. The molecule has 4 rings (SSSR count). The molecule has 0 saturated carbocycles. The number of nitriles is 1. The van der Waals surface area contributed by atoms with Crippen LogP contribution in [0.5, 0.6) is 0 Å². The first-order chi connectivity index (χ1) is 13.6. The SMILES string of the molecule is N#Cc1ccccc1C(=O)N1CCC(c2ccccc2)(c2csc(N)n2)CC1. The van der Waals surface area contributed by atoms with E-state index in [4.69, 9.17) is 5.73 Å². The maximum absolute atomic E-state index is 13.0. The van der Waals surface area contributed by atoms with E-state index in [1.807, 2.05) is 28.5 Å². The number of nitrogen functional groups attached to an aromatic ring is 1. The van der Waals surface area contributed by atoms with Gasteiger partial charge in [-0.3, -0.25) is 4.79 Å². The van der Waals surface area contributed by atoms with Gasteiger partial charge in [0.25, 0.3) is 5.91 Å². The van der Waals surface area contributed by atoms with Gasteiger partial charge in [0.2, 0.25) is 0 Å². The number of thiazole rings is 1. The number of carbonyl (C=O) groups is 1. The van der Waals surface area contributed by atoms with Gasteiger partial charge in [0.1, 0.15) is 0 Å². The van der Waals surface area contributed by atoms with Crippen molar-refractivity contribution in [1.29, 1.82) is 5.26 Å². The fraction of sp³-hybridized carbons (Fsp3) is 0.227. The summed E-state index contributed by atoms with van der Waals surface area (Å²) in [4.78, 5) is 19.4. The van der Waals surface area contributed by atoms with Gasteiger partial charge < -0.3 is 10.6 Å². The molecule has 140 valence electrons. The highest BCUT2D eigenvalue weighted by Crippen LogP contribution is 2.42. The Morgan fingerprint density at radius 2 is 1.79 bits per heavy atom. The molecule has 0 bridgehead atoms.